The van der Waals surface area contributed by atoms with Crippen LogP contribution in [0, 0.1) is 0 Å². The van der Waals surface area contributed by atoms with E-state index < -0.39 is 0 Å². The molecule has 19 heavy (non-hydrogen) atoms. The van der Waals surface area contributed by atoms with Crippen LogP contribution in [0.3, 0.4) is 0 Å². The fraction of sp³-hybridized carbons (Fsp3) is 0.250. The van der Waals surface area contributed by atoms with E-state index in [1.165, 1.54) is 5.56 Å². The highest BCUT2D eigenvalue weighted by Gasteiger charge is 2.07. The van der Waals surface area contributed by atoms with Crippen molar-refractivity contribution in [1.82, 2.24) is 0 Å². The molecule has 2 aromatic carbocycles. The van der Waals surface area contributed by atoms with E-state index in [1.807, 2.05) is 12.1 Å². The third-order valence-electron chi connectivity index (χ3n) is 3.09. The van der Waals surface area contributed by atoms with Crippen molar-refractivity contribution in [3.63, 3.8) is 0 Å². The highest BCUT2D eigenvalue weighted by atomic mass is 35.5. The molecule has 0 atom stereocenters. The zero-order valence-corrected chi connectivity index (χ0v) is 11.9. The van der Waals surface area contributed by atoms with Crippen LogP contribution in [-0.4, -0.2) is 5.11 Å². The van der Waals surface area contributed by atoms with Crippen LogP contribution in [0.25, 0.3) is 0 Å². The fourth-order valence-electron chi connectivity index (χ4n) is 2.05. The smallest absolute Gasteiger partial charge is 0.120 e. The van der Waals surface area contributed by atoms with Gasteiger partial charge < -0.3 is 10.4 Å². The van der Waals surface area contributed by atoms with E-state index in [0.29, 0.717) is 17.5 Å². The predicted molar refractivity (Wildman–Crippen MR) is 81.0 cm³/mol. The number of hydrogen-bond acceptors (Lipinski definition) is 2. The lowest BCUT2D eigenvalue weighted by atomic mass is 10.0. The summed E-state index contributed by atoms with van der Waals surface area (Å²) in [7, 11) is 0. The maximum absolute atomic E-state index is 9.79. The minimum atomic E-state index is 0.263. The Morgan fingerprint density at radius 2 is 1.89 bits per heavy atom. The highest BCUT2D eigenvalue weighted by Crippen LogP contribution is 2.26. The molecular weight excluding hydrogens is 258 g/mol. The molecule has 2 rings (SSSR count). The SMILES string of the molecule is CC(C)c1ccccc1NCc1cc(Cl)ccc1O. The van der Waals surface area contributed by atoms with Gasteiger partial charge in [0.2, 0.25) is 0 Å². The molecule has 0 aliphatic carbocycles. The molecular formula is C16H18ClNO. The zero-order valence-electron chi connectivity index (χ0n) is 11.2. The van der Waals surface area contributed by atoms with Crippen LogP contribution >= 0.6 is 11.6 Å². The van der Waals surface area contributed by atoms with E-state index >= 15 is 0 Å². The number of rotatable bonds is 4. The maximum Gasteiger partial charge on any atom is 0.120 e. The first kappa shape index (κ1) is 13.8. The summed E-state index contributed by atoms with van der Waals surface area (Å²) in [5.74, 6) is 0.718. The third kappa shape index (κ3) is 3.42. The number of phenolic OH excluding ortho intramolecular Hbond substituents is 1. The van der Waals surface area contributed by atoms with Crippen molar-refractivity contribution in [2.45, 2.75) is 26.3 Å². The van der Waals surface area contributed by atoms with Crippen molar-refractivity contribution in [3.05, 3.63) is 58.6 Å². The Labute approximate surface area is 119 Å². The number of para-hydroxylation sites is 1. The molecule has 2 nitrogen and oxygen atoms in total. The van der Waals surface area contributed by atoms with Gasteiger partial charge in [0.15, 0.2) is 0 Å². The molecule has 0 heterocycles. The second-order valence-electron chi connectivity index (χ2n) is 4.87. The largest absolute Gasteiger partial charge is 0.508 e. The van der Waals surface area contributed by atoms with E-state index in [9.17, 15) is 5.11 Å². The minimum absolute atomic E-state index is 0.263. The standard InChI is InChI=1S/C16H18ClNO/c1-11(2)14-5-3-4-6-15(14)18-10-12-9-13(17)7-8-16(12)19/h3-9,11,18-19H,10H2,1-2H3. The molecule has 0 aliphatic rings. The molecule has 3 heteroatoms. The van der Waals surface area contributed by atoms with Gasteiger partial charge in [-0.3, -0.25) is 0 Å². The van der Waals surface area contributed by atoms with Gasteiger partial charge in [-0.25, -0.2) is 0 Å². The topological polar surface area (TPSA) is 32.3 Å². The summed E-state index contributed by atoms with van der Waals surface area (Å²) >= 11 is 5.94. The van der Waals surface area contributed by atoms with Crippen LogP contribution in [0.15, 0.2) is 42.5 Å². The van der Waals surface area contributed by atoms with Gasteiger partial charge in [-0.05, 0) is 35.7 Å². The first-order valence-electron chi connectivity index (χ1n) is 6.38. The quantitative estimate of drug-likeness (QED) is 0.841. The number of benzene rings is 2. The van der Waals surface area contributed by atoms with Gasteiger partial charge in [0, 0.05) is 22.8 Å². The maximum atomic E-state index is 9.79. The normalized spacial score (nSPS) is 10.7. The van der Waals surface area contributed by atoms with E-state index in [4.69, 9.17) is 11.6 Å². The molecule has 2 N–H and O–H groups in total. The summed E-state index contributed by atoms with van der Waals surface area (Å²) in [4.78, 5) is 0. The van der Waals surface area contributed by atoms with Crippen molar-refractivity contribution in [2.75, 3.05) is 5.32 Å². The lowest BCUT2D eigenvalue weighted by molar-refractivity contribution is 0.469. The van der Waals surface area contributed by atoms with Crippen LogP contribution in [0.4, 0.5) is 5.69 Å². The van der Waals surface area contributed by atoms with E-state index in [2.05, 4.69) is 31.3 Å². The molecule has 0 fully saturated rings. The van der Waals surface area contributed by atoms with Crippen LogP contribution in [0.1, 0.15) is 30.9 Å². The number of nitrogens with one attached hydrogen (secondary N) is 1. The Kier molecular flexibility index (Phi) is 4.33. The van der Waals surface area contributed by atoms with Gasteiger partial charge >= 0.3 is 0 Å². The van der Waals surface area contributed by atoms with Crippen molar-refractivity contribution in [1.29, 1.82) is 0 Å². The summed E-state index contributed by atoms with van der Waals surface area (Å²) in [5.41, 5.74) is 3.16. The zero-order chi connectivity index (χ0) is 13.8. The second kappa shape index (κ2) is 5.98. The molecule has 0 unspecified atom stereocenters. The average Bonchev–Trinajstić information content (AvgIpc) is 2.40. The van der Waals surface area contributed by atoms with Crippen LogP contribution in [0.2, 0.25) is 5.02 Å². The molecule has 0 saturated carbocycles. The Morgan fingerprint density at radius 3 is 2.63 bits per heavy atom. The number of hydrogen-bond donors (Lipinski definition) is 2. The average molecular weight is 276 g/mol. The summed E-state index contributed by atoms with van der Waals surface area (Å²) < 4.78 is 0. The summed E-state index contributed by atoms with van der Waals surface area (Å²) in [6, 6.07) is 13.3. The first-order chi connectivity index (χ1) is 9.08. The van der Waals surface area contributed by atoms with Gasteiger partial charge in [0.25, 0.3) is 0 Å². The van der Waals surface area contributed by atoms with Gasteiger partial charge in [-0.1, -0.05) is 43.6 Å². The Morgan fingerprint density at radius 1 is 1.16 bits per heavy atom. The van der Waals surface area contributed by atoms with E-state index in [-0.39, 0.29) is 5.75 Å². The molecule has 0 aromatic heterocycles. The van der Waals surface area contributed by atoms with E-state index in [1.54, 1.807) is 18.2 Å². The first-order valence-corrected chi connectivity index (χ1v) is 6.76. The molecule has 0 spiro atoms. The number of aromatic hydroxyl groups is 1. The van der Waals surface area contributed by atoms with Crippen molar-refractivity contribution < 1.29 is 5.11 Å². The predicted octanol–water partition coefficient (Wildman–Crippen LogP) is 4.78. The lowest BCUT2D eigenvalue weighted by Gasteiger charge is -2.15. The van der Waals surface area contributed by atoms with Gasteiger partial charge in [0.05, 0.1) is 0 Å². The van der Waals surface area contributed by atoms with Gasteiger partial charge in [-0.15, -0.1) is 0 Å². The van der Waals surface area contributed by atoms with Crippen LogP contribution in [0.5, 0.6) is 5.75 Å². The van der Waals surface area contributed by atoms with Crippen molar-refractivity contribution >= 4 is 17.3 Å². The summed E-state index contributed by atoms with van der Waals surface area (Å²) in [5, 5.41) is 13.8. The molecule has 0 amide bonds. The second-order valence-corrected chi connectivity index (χ2v) is 5.30. The van der Waals surface area contributed by atoms with Crippen molar-refractivity contribution in [3.8, 4) is 5.75 Å². The lowest BCUT2D eigenvalue weighted by Crippen LogP contribution is -2.03. The molecule has 0 bridgehead atoms. The molecule has 2 aromatic rings. The molecule has 0 saturated heterocycles. The summed E-state index contributed by atoms with van der Waals surface area (Å²) in [6.07, 6.45) is 0. The van der Waals surface area contributed by atoms with Gasteiger partial charge in [-0.2, -0.15) is 0 Å². The molecule has 0 radical (unpaired) electrons. The van der Waals surface area contributed by atoms with Crippen LogP contribution in [-0.2, 0) is 6.54 Å². The Balaban J connectivity index is 2.17. The van der Waals surface area contributed by atoms with Crippen molar-refractivity contribution in [2.24, 2.45) is 0 Å². The fourth-order valence-corrected chi connectivity index (χ4v) is 2.24. The van der Waals surface area contributed by atoms with Crippen LogP contribution < -0.4 is 5.32 Å². The molecule has 100 valence electrons. The Bertz CT molecular complexity index is 566. The summed E-state index contributed by atoms with van der Waals surface area (Å²) in [6.45, 7) is 4.88. The van der Waals surface area contributed by atoms with Gasteiger partial charge in [0.1, 0.15) is 5.75 Å². The Hall–Kier alpha value is -1.67. The number of phenols is 1. The monoisotopic (exact) mass is 275 g/mol. The third-order valence-corrected chi connectivity index (χ3v) is 3.33. The number of halogens is 1. The number of anilines is 1. The highest BCUT2D eigenvalue weighted by molar-refractivity contribution is 6.30. The molecule has 0 aliphatic heterocycles. The minimum Gasteiger partial charge on any atom is -0.508 e. The van der Waals surface area contributed by atoms with E-state index in [0.717, 1.165) is 11.3 Å².